The zero-order chi connectivity index (χ0) is 23.1. The minimum absolute atomic E-state index is 0.0141. The zero-order valence-electron chi connectivity index (χ0n) is 20.8. The van der Waals surface area contributed by atoms with Crippen molar-refractivity contribution >= 4 is 5.97 Å². The van der Waals surface area contributed by atoms with Crippen LogP contribution in [0.25, 0.3) is 0 Å². The lowest BCUT2D eigenvalue weighted by Gasteiger charge is -2.62. The average Bonchev–Trinajstić information content (AvgIpc) is 3.15. The summed E-state index contributed by atoms with van der Waals surface area (Å²) in [5.41, 5.74) is 0.330. The molecule has 32 heavy (non-hydrogen) atoms. The first kappa shape index (κ1) is 24.5. The third-order valence-electron chi connectivity index (χ3n) is 11.1. The van der Waals surface area contributed by atoms with Gasteiger partial charge in [-0.1, -0.05) is 20.8 Å². The second-order valence-electron chi connectivity index (χ2n) is 12.2. The normalized spacial score (nSPS) is 46.6. The average molecular weight is 450 g/mol. The summed E-state index contributed by atoms with van der Waals surface area (Å²) in [4.78, 5) is 11.7. The van der Waals surface area contributed by atoms with Gasteiger partial charge in [-0.25, -0.2) is 0 Å². The molecule has 184 valence electrons. The molecule has 5 nitrogen and oxygen atoms in total. The Morgan fingerprint density at radius 1 is 1.12 bits per heavy atom. The molecule has 0 aromatic carbocycles. The predicted octanol–water partition coefficient (Wildman–Crippen LogP) is 4.16. The van der Waals surface area contributed by atoms with E-state index in [1.165, 1.54) is 52.1 Å². The molecule has 4 aliphatic carbocycles. The maximum absolute atomic E-state index is 11.7. The number of hydrogen-bond donors (Lipinski definition) is 3. The topological polar surface area (TPSA) is 78.8 Å². The number of aliphatic hydroxyl groups excluding tert-OH is 2. The second kappa shape index (κ2) is 9.54. The number of fused-ring (bicyclic) bond motifs is 5. The van der Waals surface area contributed by atoms with E-state index in [0.717, 1.165) is 24.7 Å². The molecular formula is C27H47NO4. The Morgan fingerprint density at radius 3 is 2.62 bits per heavy atom. The number of carbonyl (C=O) groups is 1. The van der Waals surface area contributed by atoms with Crippen LogP contribution in [0.3, 0.4) is 0 Å². The summed E-state index contributed by atoms with van der Waals surface area (Å²) >= 11 is 0. The van der Waals surface area contributed by atoms with Gasteiger partial charge in [0.1, 0.15) is 0 Å². The van der Waals surface area contributed by atoms with Crippen molar-refractivity contribution in [3.63, 3.8) is 0 Å². The molecule has 4 rings (SSSR count). The molecule has 0 heterocycles. The van der Waals surface area contributed by atoms with Crippen molar-refractivity contribution < 1.29 is 19.7 Å². The summed E-state index contributed by atoms with van der Waals surface area (Å²) in [7, 11) is 1.47. The van der Waals surface area contributed by atoms with Crippen LogP contribution in [0.1, 0.15) is 85.0 Å². The molecule has 0 saturated heterocycles. The molecule has 0 aliphatic heterocycles. The quantitative estimate of drug-likeness (QED) is 0.509. The summed E-state index contributed by atoms with van der Waals surface area (Å²) in [6.45, 7) is 8.13. The molecule has 4 saturated carbocycles. The van der Waals surface area contributed by atoms with Crippen LogP contribution in [0.5, 0.6) is 0 Å². The maximum atomic E-state index is 11.7. The van der Waals surface area contributed by atoms with E-state index in [0.29, 0.717) is 48.1 Å². The smallest absolute Gasteiger partial charge is 0.305 e. The van der Waals surface area contributed by atoms with Crippen LogP contribution < -0.4 is 5.32 Å². The Balaban J connectivity index is 1.48. The maximum Gasteiger partial charge on any atom is 0.305 e. The second-order valence-corrected chi connectivity index (χ2v) is 12.2. The molecule has 3 unspecified atom stereocenters. The molecular weight excluding hydrogens is 402 g/mol. The van der Waals surface area contributed by atoms with E-state index in [-0.39, 0.29) is 24.1 Å². The third-order valence-corrected chi connectivity index (χ3v) is 11.1. The van der Waals surface area contributed by atoms with Crippen molar-refractivity contribution in [3.05, 3.63) is 0 Å². The third kappa shape index (κ3) is 4.05. The highest BCUT2D eigenvalue weighted by Gasteiger charge is 2.63. The molecule has 3 N–H and O–H groups in total. The van der Waals surface area contributed by atoms with Gasteiger partial charge in [-0.15, -0.1) is 0 Å². The Bertz CT molecular complexity index is 670. The van der Waals surface area contributed by atoms with Crippen LogP contribution in [0.2, 0.25) is 0 Å². The first-order valence-corrected chi connectivity index (χ1v) is 13.3. The van der Waals surface area contributed by atoms with Crippen molar-refractivity contribution in [2.75, 3.05) is 20.3 Å². The van der Waals surface area contributed by atoms with E-state index >= 15 is 0 Å². The number of carbonyl (C=O) groups excluding carboxylic acids is 1. The summed E-state index contributed by atoms with van der Waals surface area (Å²) in [5.74, 6) is 3.55. The first-order chi connectivity index (χ1) is 15.3. The van der Waals surface area contributed by atoms with Gasteiger partial charge in [-0.3, -0.25) is 4.79 Å². The number of aliphatic hydroxyl groups is 2. The van der Waals surface area contributed by atoms with E-state index in [2.05, 4.69) is 26.1 Å². The van der Waals surface area contributed by atoms with Gasteiger partial charge in [0, 0.05) is 19.0 Å². The Morgan fingerprint density at radius 2 is 1.91 bits per heavy atom. The molecule has 4 aliphatic rings. The van der Waals surface area contributed by atoms with Crippen LogP contribution >= 0.6 is 0 Å². The van der Waals surface area contributed by atoms with Gasteiger partial charge >= 0.3 is 5.97 Å². The summed E-state index contributed by atoms with van der Waals surface area (Å²) < 4.78 is 4.87. The molecule has 0 aromatic rings. The fourth-order valence-corrected chi connectivity index (χ4v) is 9.29. The van der Waals surface area contributed by atoms with E-state index in [1.54, 1.807) is 0 Å². The van der Waals surface area contributed by atoms with Crippen LogP contribution in [-0.4, -0.2) is 48.6 Å². The van der Waals surface area contributed by atoms with Crippen molar-refractivity contribution in [3.8, 4) is 0 Å². The Labute approximate surface area is 195 Å². The van der Waals surface area contributed by atoms with Gasteiger partial charge in [0.05, 0.1) is 19.8 Å². The highest BCUT2D eigenvalue weighted by atomic mass is 16.5. The lowest BCUT2D eigenvalue weighted by atomic mass is 9.43. The number of nitrogens with one attached hydrogen (secondary N) is 1. The zero-order valence-corrected chi connectivity index (χ0v) is 20.8. The molecule has 0 spiro atoms. The molecule has 10 atom stereocenters. The molecule has 0 bridgehead atoms. The molecule has 5 heteroatoms. The van der Waals surface area contributed by atoms with Crippen LogP contribution in [0, 0.1) is 46.3 Å². The van der Waals surface area contributed by atoms with Gasteiger partial charge < -0.3 is 20.3 Å². The van der Waals surface area contributed by atoms with Crippen LogP contribution in [0.4, 0.5) is 0 Å². The lowest BCUT2D eigenvalue weighted by molar-refractivity contribution is -0.170. The SMILES string of the molecule is COC(=O)CC[C@@H](C)[C@H]1CCC2C3CC[C@@H]4C[C@@H](NCCO)CC[C@]4(C)C3C[C@H](O)[C@@]21C. The highest BCUT2D eigenvalue weighted by molar-refractivity contribution is 5.69. The van der Waals surface area contributed by atoms with Crippen molar-refractivity contribution in [2.24, 2.45) is 46.3 Å². The summed E-state index contributed by atoms with van der Waals surface area (Å²) in [6, 6.07) is 0.544. The fraction of sp³-hybridized carbons (Fsp3) is 0.963. The van der Waals surface area contributed by atoms with E-state index in [9.17, 15) is 15.0 Å². The standard InChI is InChI=1S/C27H47NO4/c1-17(5-10-25(31)32-4)21-8-9-22-20-7-6-18-15-19(28-13-14-29)11-12-26(18,2)23(20)16-24(30)27(21,22)3/h17-24,28-30H,5-16H2,1-4H3/t17-,18-,19+,20?,21-,22?,23?,24+,26+,27-/m1/s1. The van der Waals surface area contributed by atoms with Crippen LogP contribution in [0.15, 0.2) is 0 Å². The first-order valence-electron chi connectivity index (χ1n) is 13.3. The van der Waals surface area contributed by atoms with Gasteiger partial charge in [0.2, 0.25) is 0 Å². The lowest BCUT2D eigenvalue weighted by Crippen LogP contribution is -2.59. The van der Waals surface area contributed by atoms with Gasteiger partial charge in [0.25, 0.3) is 0 Å². The largest absolute Gasteiger partial charge is 0.469 e. The summed E-state index contributed by atoms with van der Waals surface area (Å²) in [5, 5.41) is 24.4. The Kier molecular flexibility index (Phi) is 7.30. The number of rotatable bonds is 7. The monoisotopic (exact) mass is 449 g/mol. The van der Waals surface area contributed by atoms with E-state index in [1.807, 2.05) is 0 Å². The molecule has 4 fully saturated rings. The predicted molar refractivity (Wildman–Crippen MR) is 126 cm³/mol. The van der Waals surface area contributed by atoms with Crippen LogP contribution in [-0.2, 0) is 9.53 Å². The minimum Gasteiger partial charge on any atom is -0.469 e. The minimum atomic E-state index is -0.234. The van der Waals surface area contributed by atoms with Crippen molar-refractivity contribution in [1.29, 1.82) is 0 Å². The number of methoxy groups -OCH3 is 1. The highest BCUT2D eigenvalue weighted by Crippen LogP contribution is 2.68. The number of ether oxygens (including phenoxy) is 1. The van der Waals surface area contributed by atoms with Gasteiger partial charge in [-0.2, -0.15) is 0 Å². The van der Waals surface area contributed by atoms with Crippen molar-refractivity contribution in [1.82, 2.24) is 5.32 Å². The molecule has 0 amide bonds. The molecule has 0 radical (unpaired) electrons. The number of esters is 1. The van der Waals surface area contributed by atoms with Crippen molar-refractivity contribution in [2.45, 2.75) is 97.1 Å². The molecule has 0 aromatic heterocycles. The number of hydrogen-bond acceptors (Lipinski definition) is 5. The van der Waals surface area contributed by atoms with E-state index in [4.69, 9.17) is 4.74 Å². The van der Waals surface area contributed by atoms with E-state index < -0.39 is 0 Å². The summed E-state index contributed by atoms with van der Waals surface area (Å²) in [6.07, 6.45) is 10.8. The van der Waals surface area contributed by atoms with Gasteiger partial charge in [-0.05, 0) is 104 Å². The fourth-order valence-electron chi connectivity index (χ4n) is 9.29. The Hall–Kier alpha value is -0.650. The van der Waals surface area contributed by atoms with Gasteiger partial charge in [0.15, 0.2) is 0 Å².